The van der Waals surface area contributed by atoms with Crippen molar-refractivity contribution in [3.63, 3.8) is 0 Å². The highest BCUT2D eigenvalue weighted by atomic mass is 79.9. The molecule has 0 fully saturated rings. The van der Waals surface area contributed by atoms with E-state index in [4.69, 9.17) is 0 Å². The first-order valence-electron chi connectivity index (χ1n) is 3.25. The average Bonchev–Trinajstić information content (AvgIpc) is 2.46. The van der Waals surface area contributed by atoms with Crippen molar-refractivity contribution in [3.05, 3.63) is 28.9 Å². The maximum Gasteiger partial charge on any atom is 0.185 e. The SMILES string of the molecule is O=Cc1ncc2ncc(Br)cn12. The zero-order chi connectivity index (χ0) is 8.55. The summed E-state index contributed by atoms with van der Waals surface area (Å²) in [4.78, 5) is 18.4. The van der Waals surface area contributed by atoms with Crippen molar-refractivity contribution in [2.45, 2.75) is 0 Å². The summed E-state index contributed by atoms with van der Waals surface area (Å²) in [6.07, 6.45) is 5.65. The molecule has 0 radical (unpaired) electrons. The molecule has 0 aliphatic heterocycles. The normalized spacial score (nSPS) is 10.4. The Morgan fingerprint density at radius 2 is 2.25 bits per heavy atom. The van der Waals surface area contributed by atoms with E-state index in [1.165, 1.54) is 0 Å². The van der Waals surface area contributed by atoms with E-state index in [1.807, 2.05) is 0 Å². The Labute approximate surface area is 76.4 Å². The van der Waals surface area contributed by atoms with Crippen LogP contribution in [-0.4, -0.2) is 20.7 Å². The van der Waals surface area contributed by atoms with E-state index in [-0.39, 0.29) is 0 Å². The molecule has 2 aromatic heterocycles. The molecule has 0 amide bonds. The highest BCUT2D eigenvalue weighted by Crippen LogP contribution is 2.09. The van der Waals surface area contributed by atoms with Gasteiger partial charge in [0.25, 0.3) is 0 Å². The molecule has 2 heterocycles. The first-order valence-corrected chi connectivity index (χ1v) is 4.04. The van der Waals surface area contributed by atoms with Gasteiger partial charge in [-0.15, -0.1) is 0 Å². The Hall–Kier alpha value is -1.23. The third-order valence-electron chi connectivity index (χ3n) is 1.48. The monoisotopic (exact) mass is 225 g/mol. The molecular weight excluding hydrogens is 222 g/mol. The summed E-state index contributed by atoms with van der Waals surface area (Å²) in [5.74, 6) is 0.360. The fourth-order valence-corrected chi connectivity index (χ4v) is 1.27. The van der Waals surface area contributed by atoms with Crippen LogP contribution in [0.5, 0.6) is 0 Å². The summed E-state index contributed by atoms with van der Waals surface area (Å²) < 4.78 is 2.44. The molecule has 4 nitrogen and oxygen atoms in total. The maximum atomic E-state index is 10.5. The molecule has 5 heteroatoms. The molecule has 0 aliphatic rings. The molecule has 0 spiro atoms. The van der Waals surface area contributed by atoms with Crippen LogP contribution < -0.4 is 0 Å². The fraction of sp³-hybridized carbons (Fsp3) is 0. The van der Waals surface area contributed by atoms with Crippen LogP contribution in [0.25, 0.3) is 5.65 Å². The van der Waals surface area contributed by atoms with Crippen molar-refractivity contribution in [2.75, 3.05) is 0 Å². The second-order valence-corrected chi connectivity index (χ2v) is 3.15. The van der Waals surface area contributed by atoms with Crippen molar-refractivity contribution in [1.29, 1.82) is 0 Å². The average molecular weight is 226 g/mol. The molecule has 0 atom stereocenters. The highest BCUT2D eigenvalue weighted by Gasteiger charge is 2.01. The molecule has 60 valence electrons. The van der Waals surface area contributed by atoms with Crippen molar-refractivity contribution < 1.29 is 4.79 Å². The molecule has 0 bridgehead atoms. The Kier molecular flexibility index (Phi) is 1.65. The van der Waals surface area contributed by atoms with Gasteiger partial charge in [0.15, 0.2) is 17.8 Å². The number of aromatic nitrogens is 3. The predicted octanol–water partition coefficient (Wildman–Crippen LogP) is 1.30. The van der Waals surface area contributed by atoms with Gasteiger partial charge < -0.3 is 0 Å². The molecule has 0 aromatic carbocycles. The van der Waals surface area contributed by atoms with Crippen LogP contribution in [0.2, 0.25) is 0 Å². The molecule has 2 aromatic rings. The number of hydrogen-bond donors (Lipinski definition) is 0. The van der Waals surface area contributed by atoms with E-state index in [2.05, 4.69) is 25.9 Å². The highest BCUT2D eigenvalue weighted by molar-refractivity contribution is 9.10. The van der Waals surface area contributed by atoms with Gasteiger partial charge in [-0.25, -0.2) is 9.97 Å². The zero-order valence-electron chi connectivity index (χ0n) is 5.94. The van der Waals surface area contributed by atoms with Crippen molar-refractivity contribution in [1.82, 2.24) is 14.4 Å². The third-order valence-corrected chi connectivity index (χ3v) is 1.89. The lowest BCUT2D eigenvalue weighted by atomic mass is 10.6. The van der Waals surface area contributed by atoms with Gasteiger partial charge in [0.05, 0.1) is 10.7 Å². The number of halogens is 1. The molecule has 0 saturated carbocycles. The lowest BCUT2D eigenvalue weighted by Crippen LogP contribution is -1.92. The smallest absolute Gasteiger partial charge is 0.185 e. The third kappa shape index (κ3) is 1.02. The van der Waals surface area contributed by atoms with Crippen LogP contribution in [0, 0.1) is 0 Å². The summed E-state index contributed by atoms with van der Waals surface area (Å²) in [6.45, 7) is 0. The number of hydrogen-bond acceptors (Lipinski definition) is 3. The molecule has 0 N–H and O–H groups in total. The van der Waals surface area contributed by atoms with Crippen LogP contribution in [0.1, 0.15) is 10.6 Å². The van der Waals surface area contributed by atoms with Crippen molar-refractivity contribution in [2.24, 2.45) is 0 Å². The van der Waals surface area contributed by atoms with Crippen LogP contribution in [0.15, 0.2) is 23.1 Å². The molecule has 0 saturated heterocycles. The summed E-state index contributed by atoms with van der Waals surface area (Å²) >= 11 is 3.25. The van der Waals surface area contributed by atoms with Gasteiger partial charge in [0.1, 0.15) is 0 Å². The van der Waals surface area contributed by atoms with Crippen molar-refractivity contribution in [3.8, 4) is 0 Å². The number of carbonyl (C=O) groups is 1. The molecule has 0 aliphatic carbocycles. The summed E-state index contributed by atoms with van der Waals surface area (Å²) in [5, 5.41) is 0. The fourth-order valence-electron chi connectivity index (χ4n) is 0.965. The first kappa shape index (κ1) is 7.42. The molecule has 12 heavy (non-hydrogen) atoms. The molecule has 0 unspecified atom stereocenters. The number of imidazole rings is 1. The van der Waals surface area contributed by atoms with E-state index in [0.717, 1.165) is 4.47 Å². The van der Waals surface area contributed by atoms with E-state index in [9.17, 15) is 4.79 Å². The van der Waals surface area contributed by atoms with E-state index in [1.54, 1.807) is 23.0 Å². The quantitative estimate of drug-likeness (QED) is 0.688. The van der Waals surface area contributed by atoms with Crippen LogP contribution in [0.4, 0.5) is 0 Å². The summed E-state index contributed by atoms with van der Waals surface area (Å²) in [7, 11) is 0. The van der Waals surface area contributed by atoms with Gasteiger partial charge in [-0.1, -0.05) is 0 Å². The van der Waals surface area contributed by atoms with Crippen LogP contribution in [-0.2, 0) is 0 Å². The summed E-state index contributed by atoms with van der Waals surface area (Å²) in [5.41, 5.74) is 0.667. The maximum absolute atomic E-state index is 10.5. The minimum absolute atomic E-state index is 0.360. The second kappa shape index (κ2) is 2.67. The van der Waals surface area contributed by atoms with Gasteiger partial charge in [-0.3, -0.25) is 9.20 Å². The Bertz CT molecular complexity index is 437. The first-order chi connectivity index (χ1) is 5.81. The van der Waals surface area contributed by atoms with E-state index >= 15 is 0 Å². The minimum atomic E-state index is 0.360. The number of aldehydes is 1. The standard InChI is InChI=1S/C7H4BrN3O/c8-5-1-9-6-2-10-7(4-12)11(6)3-5/h1-4H. The topological polar surface area (TPSA) is 47.3 Å². The molecular formula is C7H4BrN3O. The second-order valence-electron chi connectivity index (χ2n) is 2.23. The molecule has 2 rings (SSSR count). The summed E-state index contributed by atoms with van der Waals surface area (Å²) in [6, 6.07) is 0. The number of nitrogens with zero attached hydrogens (tertiary/aromatic N) is 3. The largest absolute Gasteiger partial charge is 0.294 e. The Morgan fingerprint density at radius 1 is 1.42 bits per heavy atom. The van der Waals surface area contributed by atoms with Gasteiger partial charge >= 0.3 is 0 Å². The Balaban J connectivity index is 2.83. The number of fused-ring (bicyclic) bond motifs is 1. The predicted molar refractivity (Wildman–Crippen MR) is 46.1 cm³/mol. The van der Waals surface area contributed by atoms with Crippen LogP contribution >= 0.6 is 15.9 Å². The number of rotatable bonds is 1. The van der Waals surface area contributed by atoms with Gasteiger partial charge in [0, 0.05) is 12.4 Å². The van der Waals surface area contributed by atoms with Gasteiger partial charge in [-0.2, -0.15) is 0 Å². The van der Waals surface area contributed by atoms with E-state index in [0.29, 0.717) is 17.8 Å². The van der Waals surface area contributed by atoms with Crippen LogP contribution in [0.3, 0.4) is 0 Å². The lowest BCUT2D eigenvalue weighted by Gasteiger charge is -1.93. The van der Waals surface area contributed by atoms with Crippen molar-refractivity contribution >= 4 is 27.9 Å². The number of carbonyl (C=O) groups excluding carboxylic acids is 1. The van der Waals surface area contributed by atoms with Gasteiger partial charge in [0.2, 0.25) is 0 Å². The zero-order valence-corrected chi connectivity index (χ0v) is 7.52. The van der Waals surface area contributed by atoms with E-state index < -0.39 is 0 Å². The van der Waals surface area contributed by atoms with Gasteiger partial charge in [-0.05, 0) is 15.9 Å². The lowest BCUT2D eigenvalue weighted by molar-refractivity contribution is 0.111. The minimum Gasteiger partial charge on any atom is -0.294 e. The Morgan fingerprint density at radius 3 is 3.00 bits per heavy atom.